The first-order chi connectivity index (χ1) is 6.78. The van der Waals surface area contributed by atoms with E-state index in [0.29, 0.717) is 0 Å². The lowest BCUT2D eigenvalue weighted by atomic mass is 10.2. The Morgan fingerprint density at radius 3 is 1.43 bits per heavy atom. The Hall–Kier alpha value is -0.160. The summed E-state index contributed by atoms with van der Waals surface area (Å²) >= 11 is 0. The van der Waals surface area contributed by atoms with Crippen LogP contribution in [0.3, 0.4) is 0 Å². The standard InChI is InChI=1S/C10H24N2O2/c1-3-9(7-13)11-5-6-12-10(4-2)8-14/h9-14H,3-8H2,1-2H3/t9-,10?/m0/s1. The first kappa shape index (κ1) is 13.8. The van der Waals surface area contributed by atoms with Gasteiger partial charge in [0, 0.05) is 25.2 Å². The average Bonchev–Trinajstić information content (AvgIpc) is 2.24. The van der Waals surface area contributed by atoms with E-state index in [1.54, 1.807) is 0 Å². The molecule has 14 heavy (non-hydrogen) atoms. The molecule has 0 heterocycles. The topological polar surface area (TPSA) is 64.5 Å². The minimum atomic E-state index is 0.188. The SMILES string of the molecule is CCC(CO)NCCN[C@@H](CC)CO. The summed E-state index contributed by atoms with van der Waals surface area (Å²) in [5.41, 5.74) is 0. The van der Waals surface area contributed by atoms with Crippen LogP contribution in [0.2, 0.25) is 0 Å². The van der Waals surface area contributed by atoms with Gasteiger partial charge in [0.15, 0.2) is 0 Å². The molecular weight excluding hydrogens is 180 g/mol. The second-order valence-electron chi connectivity index (χ2n) is 3.48. The van der Waals surface area contributed by atoms with Gasteiger partial charge in [-0.15, -0.1) is 0 Å². The number of hydrogen-bond donors (Lipinski definition) is 4. The summed E-state index contributed by atoms with van der Waals surface area (Å²) in [7, 11) is 0. The minimum absolute atomic E-state index is 0.188. The summed E-state index contributed by atoms with van der Waals surface area (Å²) in [6.45, 7) is 6.13. The molecule has 0 saturated heterocycles. The zero-order chi connectivity index (χ0) is 10.8. The molecule has 0 spiro atoms. The molecule has 4 N–H and O–H groups in total. The van der Waals surface area contributed by atoms with E-state index in [9.17, 15) is 0 Å². The highest BCUT2D eigenvalue weighted by atomic mass is 16.3. The third-order valence-electron chi connectivity index (χ3n) is 2.42. The summed E-state index contributed by atoms with van der Waals surface area (Å²) in [4.78, 5) is 0. The molecule has 0 aromatic heterocycles. The van der Waals surface area contributed by atoms with E-state index in [-0.39, 0.29) is 25.3 Å². The van der Waals surface area contributed by atoms with Crippen LogP contribution in [0.25, 0.3) is 0 Å². The van der Waals surface area contributed by atoms with Crippen molar-refractivity contribution in [2.45, 2.75) is 38.8 Å². The van der Waals surface area contributed by atoms with Gasteiger partial charge in [0.05, 0.1) is 13.2 Å². The Bertz CT molecular complexity index is 101. The summed E-state index contributed by atoms with van der Waals surface area (Å²) in [5.74, 6) is 0. The predicted octanol–water partition coefficient (Wildman–Crippen LogP) is -0.293. The molecule has 0 aliphatic carbocycles. The number of aliphatic hydroxyl groups is 2. The molecule has 0 fully saturated rings. The van der Waals surface area contributed by atoms with Crippen LogP contribution < -0.4 is 10.6 Å². The van der Waals surface area contributed by atoms with Gasteiger partial charge in [-0.05, 0) is 12.8 Å². The van der Waals surface area contributed by atoms with Gasteiger partial charge in [-0.25, -0.2) is 0 Å². The molecular formula is C10H24N2O2. The Morgan fingerprint density at radius 1 is 0.857 bits per heavy atom. The van der Waals surface area contributed by atoms with Gasteiger partial charge in [-0.3, -0.25) is 0 Å². The molecule has 0 aromatic rings. The van der Waals surface area contributed by atoms with Gasteiger partial charge in [-0.2, -0.15) is 0 Å². The molecule has 0 saturated carbocycles. The predicted molar refractivity (Wildman–Crippen MR) is 58.3 cm³/mol. The molecule has 0 aliphatic rings. The second-order valence-corrected chi connectivity index (χ2v) is 3.48. The fourth-order valence-corrected chi connectivity index (χ4v) is 1.23. The van der Waals surface area contributed by atoms with Crippen molar-refractivity contribution in [2.24, 2.45) is 0 Å². The number of rotatable bonds is 9. The van der Waals surface area contributed by atoms with E-state index in [1.807, 2.05) is 13.8 Å². The number of hydrogen-bond acceptors (Lipinski definition) is 4. The second kappa shape index (κ2) is 9.40. The summed E-state index contributed by atoms with van der Waals surface area (Å²) in [6.07, 6.45) is 1.88. The van der Waals surface area contributed by atoms with Gasteiger partial charge >= 0.3 is 0 Å². The smallest absolute Gasteiger partial charge is 0.0584 e. The summed E-state index contributed by atoms with van der Waals surface area (Å²) in [5, 5.41) is 24.3. The Kier molecular flexibility index (Phi) is 9.29. The van der Waals surface area contributed by atoms with Crippen molar-refractivity contribution in [3.05, 3.63) is 0 Å². The lowest BCUT2D eigenvalue weighted by molar-refractivity contribution is 0.229. The molecule has 1 unspecified atom stereocenters. The molecule has 86 valence electrons. The van der Waals surface area contributed by atoms with E-state index in [1.165, 1.54) is 0 Å². The van der Waals surface area contributed by atoms with Crippen molar-refractivity contribution >= 4 is 0 Å². The molecule has 2 atom stereocenters. The van der Waals surface area contributed by atoms with Crippen molar-refractivity contribution in [3.63, 3.8) is 0 Å². The molecule has 0 radical (unpaired) electrons. The quantitative estimate of drug-likeness (QED) is 0.390. The molecule has 4 heteroatoms. The van der Waals surface area contributed by atoms with Gasteiger partial charge < -0.3 is 20.8 Å². The monoisotopic (exact) mass is 204 g/mol. The van der Waals surface area contributed by atoms with Crippen LogP contribution >= 0.6 is 0 Å². The van der Waals surface area contributed by atoms with Crippen molar-refractivity contribution in [1.82, 2.24) is 10.6 Å². The Morgan fingerprint density at radius 2 is 1.21 bits per heavy atom. The zero-order valence-electron chi connectivity index (χ0n) is 9.29. The van der Waals surface area contributed by atoms with Crippen molar-refractivity contribution in [2.75, 3.05) is 26.3 Å². The lowest BCUT2D eigenvalue weighted by Gasteiger charge is -2.17. The molecule has 0 aliphatic heterocycles. The first-order valence-corrected chi connectivity index (χ1v) is 5.46. The fourth-order valence-electron chi connectivity index (χ4n) is 1.23. The van der Waals surface area contributed by atoms with Crippen LogP contribution in [-0.4, -0.2) is 48.6 Å². The fraction of sp³-hybridized carbons (Fsp3) is 1.00. The highest BCUT2D eigenvalue weighted by Gasteiger charge is 2.04. The molecule has 0 bridgehead atoms. The third-order valence-corrected chi connectivity index (χ3v) is 2.42. The van der Waals surface area contributed by atoms with Crippen LogP contribution in [0.15, 0.2) is 0 Å². The average molecular weight is 204 g/mol. The number of nitrogens with one attached hydrogen (secondary N) is 2. The van der Waals surface area contributed by atoms with E-state index in [2.05, 4.69) is 10.6 Å². The van der Waals surface area contributed by atoms with Crippen LogP contribution in [0.5, 0.6) is 0 Å². The third kappa shape index (κ3) is 6.32. The molecule has 0 rings (SSSR count). The summed E-state index contributed by atoms with van der Waals surface area (Å²) < 4.78 is 0. The van der Waals surface area contributed by atoms with E-state index in [0.717, 1.165) is 25.9 Å². The van der Waals surface area contributed by atoms with Crippen LogP contribution in [0.1, 0.15) is 26.7 Å². The van der Waals surface area contributed by atoms with E-state index < -0.39 is 0 Å². The van der Waals surface area contributed by atoms with Crippen molar-refractivity contribution in [3.8, 4) is 0 Å². The van der Waals surface area contributed by atoms with Gasteiger partial charge in [0.1, 0.15) is 0 Å². The van der Waals surface area contributed by atoms with Crippen molar-refractivity contribution in [1.29, 1.82) is 0 Å². The van der Waals surface area contributed by atoms with Crippen LogP contribution in [0, 0.1) is 0 Å². The maximum absolute atomic E-state index is 8.90. The van der Waals surface area contributed by atoms with Crippen LogP contribution in [-0.2, 0) is 0 Å². The Labute approximate surface area is 86.7 Å². The number of aliphatic hydroxyl groups excluding tert-OH is 2. The van der Waals surface area contributed by atoms with E-state index in [4.69, 9.17) is 10.2 Å². The Balaban J connectivity index is 3.35. The largest absolute Gasteiger partial charge is 0.395 e. The molecule has 4 nitrogen and oxygen atoms in total. The molecule has 0 aromatic carbocycles. The van der Waals surface area contributed by atoms with Crippen molar-refractivity contribution < 1.29 is 10.2 Å². The van der Waals surface area contributed by atoms with Gasteiger partial charge in [0.25, 0.3) is 0 Å². The zero-order valence-corrected chi connectivity index (χ0v) is 9.29. The van der Waals surface area contributed by atoms with E-state index >= 15 is 0 Å². The minimum Gasteiger partial charge on any atom is -0.395 e. The first-order valence-electron chi connectivity index (χ1n) is 5.46. The van der Waals surface area contributed by atoms with Gasteiger partial charge in [0.2, 0.25) is 0 Å². The maximum Gasteiger partial charge on any atom is 0.0584 e. The highest BCUT2D eigenvalue weighted by Crippen LogP contribution is 1.89. The molecule has 0 amide bonds. The maximum atomic E-state index is 8.90. The lowest BCUT2D eigenvalue weighted by Crippen LogP contribution is -2.40. The summed E-state index contributed by atoms with van der Waals surface area (Å²) in [6, 6.07) is 0.400. The normalized spacial score (nSPS) is 15.4. The van der Waals surface area contributed by atoms with Crippen LogP contribution in [0.4, 0.5) is 0 Å². The highest BCUT2D eigenvalue weighted by molar-refractivity contribution is 4.67. The van der Waals surface area contributed by atoms with Gasteiger partial charge in [-0.1, -0.05) is 13.8 Å².